The summed E-state index contributed by atoms with van der Waals surface area (Å²) in [6.45, 7) is -0.177. The standard InChI is InChI=1S/C20H17ClF2O4S/c21-13-3-5-14(6-4-13)28(25,26)20-9-1-2-12(10-24)15(20)11-27-19-17(23)8-7-16(22)18(19)20/h3-8,10,12,15H,1-2,9,11H2/t12-,15-,20-/m0/s1. The first-order valence-corrected chi connectivity index (χ1v) is 10.8. The second kappa shape index (κ2) is 6.81. The molecule has 148 valence electrons. The number of halogens is 3. The van der Waals surface area contributed by atoms with Crippen LogP contribution in [-0.4, -0.2) is 21.3 Å². The molecule has 1 fully saturated rings. The van der Waals surface area contributed by atoms with Crippen LogP contribution >= 0.6 is 11.6 Å². The van der Waals surface area contributed by atoms with Crippen molar-refractivity contribution in [3.05, 3.63) is 58.6 Å². The molecule has 8 heteroatoms. The maximum Gasteiger partial charge on any atom is 0.188 e. The van der Waals surface area contributed by atoms with Crippen LogP contribution < -0.4 is 4.74 Å². The van der Waals surface area contributed by atoms with E-state index in [2.05, 4.69) is 0 Å². The van der Waals surface area contributed by atoms with Gasteiger partial charge in [0.25, 0.3) is 0 Å². The molecule has 1 aliphatic carbocycles. The average Bonchev–Trinajstić information content (AvgIpc) is 2.69. The number of ether oxygens (including phenoxy) is 1. The number of carbonyl (C=O) groups is 1. The molecule has 0 spiro atoms. The molecule has 1 aliphatic heterocycles. The van der Waals surface area contributed by atoms with E-state index in [1.54, 1.807) is 0 Å². The molecule has 0 unspecified atom stereocenters. The molecule has 4 nitrogen and oxygen atoms in total. The summed E-state index contributed by atoms with van der Waals surface area (Å²) in [6.07, 6.45) is 1.63. The van der Waals surface area contributed by atoms with Crippen molar-refractivity contribution in [2.75, 3.05) is 6.61 Å². The minimum absolute atomic E-state index is 0.0510. The molecule has 2 aromatic rings. The van der Waals surface area contributed by atoms with E-state index in [0.29, 0.717) is 24.2 Å². The van der Waals surface area contributed by atoms with Gasteiger partial charge in [-0.1, -0.05) is 18.0 Å². The third kappa shape index (κ3) is 2.59. The van der Waals surface area contributed by atoms with Crippen LogP contribution in [0.2, 0.25) is 5.02 Å². The first-order valence-electron chi connectivity index (χ1n) is 8.89. The first kappa shape index (κ1) is 19.3. The SMILES string of the molecule is O=C[C@@H]1CCC[C@@]2(S(=O)(=O)c3ccc(Cl)cc3)c3c(F)ccc(F)c3OC[C@@H]12. The monoisotopic (exact) mass is 426 g/mol. The number of benzene rings is 2. The van der Waals surface area contributed by atoms with Gasteiger partial charge in [-0.25, -0.2) is 17.2 Å². The molecule has 0 bridgehead atoms. The van der Waals surface area contributed by atoms with Crippen LogP contribution in [0.4, 0.5) is 8.78 Å². The number of hydrogen-bond donors (Lipinski definition) is 0. The highest BCUT2D eigenvalue weighted by Crippen LogP contribution is 2.57. The Morgan fingerprint density at radius 2 is 1.79 bits per heavy atom. The van der Waals surface area contributed by atoms with Crippen LogP contribution in [0, 0.1) is 23.5 Å². The zero-order valence-corrected chi connectivity index (χ0v) is 16.3. The minimum Gasteiger partial charge on any atom is -0.490 e. The Bertz CT molecular complexity index is 1040. The Balaban J connectivity index is 2.05. The second-order valence-electron chi connectivity index (χ2n) is 7.19. The van der Waals surface area contributed by atoms with Crippen LogP contribution in [0.1, 0.15) is 24.8 Å². The molecule has 1 heterocycles. The molecule has 0 radical (unpaired) electrons. The Labute approximate surface area is 166 Å². The van der Waals surface area contributed by atoms with Crippen molar-refractivity contribution in [3.63, 3.8) is 0 Å². The Kier molecular flexibility index (Phi) is 4.70. The zero-order valence-electron chi connectivity index (χ0n) is 14.7. The molecule has 3 atom stereocenters. The lowest BCUT2D eigenvalue weighted by Crippen LogP contribution is -2.54. The normalized spacial score (nSPS) is 26.7. The number of carbonyl (C=O) groups excluding carboxylic acids is 1. The summed E-state index contributed by atoms with van der Waals surface area (Å²) in [5, 5.41) is 0.354. The number of sulfone groups is 1. The molecule has 28 heavy (non-hydrogen) atoms. The second-order valence-corrected chi connectivity index (χ2v) is 9.83. The van der Waals surface area contributed by atoms with E-state index in [4.69, 9.17) is 16.3 Å². The summed E-state index contributed by atoms with van der Waals surface area (Å²) in [4.78, 5) is 11.6. The highest BCUT2D eigenvalue weighted by molar-refractivity contribution is 7.92. The van der Waals surface area contributed by atoms with Crippen LogP contribution in [0.5, 0.6) is 5.75 Å². The van der Waals surface area contributed by atoms with Gasteiger partial charge in [-0.2, -0.15) is 0 Å². The van der Waals surface area contributed by atoms with E-state index in [0.717, 1.165) is 12.1 Å². The topological polar surface area (TPSA) is 60.4 Å². The lowest BCUT2D eigenvalue weighted by atomic mass is 9.68. The zero-order chi connectivity index (χ0) is 20.1. The Morgan fingerprint density at radius 1 is 1.11 bits per heavy atom. The number of aldehydes is 1. The van der Waals surface area contributed by atoms with Crippen molar-refractivity contribution in [1.29, 1.82) is 0 Å². The van der Waals surface area contributed by atoms with Crippen molar-refractivity contribution in [1.82, 2.24) is 0 Å². The van der Waals surface area contributed by atoms with Gasteiger partial charge >= 0.3 is 0 Å². The van der Waals surface area contributed by atoms with Crippen LogP contribution in [0.3, 0.4) is 0 Å². The molecule has 1 saturated carbocycles. The molecule has 0 N–H and O–H groups in total. The smallest absolute Gasteiger partial charge is 0.188 e. The van der Waals surface area contributed by atoms with Gasteiger partial charge in [-0.05, 0) is 49.2 Å². The quantitative estimate of drug-likeness (QED) is 0.687. The summed E-state index contributed by atoms with van der Waals surface area (Å²) in [5.74, 6) is -3.52. The summed E-state index contributed by atoms with van der Waals surface area (Å²) in [7, 11) is -4.20. The largest absolute Gasteiger partial charge is 0.490 e. The van der Waals surface area contributed by atoms with Gasteiger partial charge in [0.15, 0.2) is 21.4 Å². The first-order chi connectivity index (χ1) is 13.3. The van der Waals surface area contributed by atoms with Crippen LogP contribution in [-0.2, 0) is 19.4 Å². The summed E-state index contributed by atoms with van der Waals surface area (Å²) in [6, 6.07) is 7.38. The maximum absolute atomic E-state index is 15.0. The van der Waals surface area contributed by atoms with Crippen molar-refractivity contribution in [2.24, 2.45) is 11.8 Å². The van der Waals surface area contributed by atoms with E-state index >= 15 is 0 Å². The van der Waals surface area contributed by atoms with E-state index in [1.165, 1.54) is 24.3 Å². The predicted molar refractivity (Wildman–Crippen MR) is 99.1 cm³/mol. The summed E-state index contributed by atoms with van der Waals surface area (Å²) >= 11 is 5.89. The predicted octanol–water partition coefficient (Wildman–Crippen LogP) is 4.30. The molecule has 2 aliphatic rings. The van der Waals surface area contributed by atoms with Gasteiger partial charge in [-0.3, -0.25) is 0 Å². The summed E-state index contributed by atoms with van der Waals surface area (Å²) in [5.41, 5.74) is -0.315. The fourth-order valence-corrected chi connectivity index (χ4v) is 7.15. The molecule has 0 saturated heterocycles. The van der Waals surface area contributed by atoms with Crippen molar-refractivity contribution < 1.29 is 26.7 Å². The molecular formula is C20H17ClF2O4S. The lowest BCUT2D eigenvalue weighted by molar-refractivity contribution is -0.115. The van der Waals surface area contributed by atoms with Crippen molar-refractivity contribution in [2.45, 2.75) is 28.9 Å². The molecule has 2 aromatic carbocycles. The van der Waals surface area contributed by atoms with Gasteiger partial charge < -0.3 is 9.53 Å². The molecule has 0 aromatic heterocycles. The Hall–Kier alpha value is -1.99. The highest BCUT2D eigenvalue weighted by Gasteiger charge is 2.60. The van der Waals surface area contributed by atoms with Gasteiger partial charge in [-0.15, -0.1) is 0 Å². The van der Waals surface area contributed by atoms with Gasteiger partial charge in [0.1, 0.15) is 16.9 Å². The van der Waals surface area contributed by atoms with Crippen LogP contribution in [0.15, 0.2) is 41.3 Å². The molecule has 4 rings (SSSR count). The van der Waals surface area contributed by atoms with Crippen LogP contribution in [0.25, 0.3) is 0 Å². The fraction of sp³-hybridized carbons (Fsp3) is 0.350. The third-order valence-corrected chi connectivity index (χ3v) is 8.68. The van der Waals surface area contributed by atoms with Gasteiger partial charge in [0.05, 0.1) is 17.1 Å². The molecular weight excluding hydrogens is 410 g/mol. The minimum atomic E-state index is -4.20. The fourth-order valence-electron chi connectivity index (χ4n) is 4.60. The summed E-state index contributed by atoms with van der Waals surface area (Å²) < 4.78 is 60.8. The Morgan fingerprint density at radius 3 is 2.46 bits per heavy atom. The average molecular weight is 427 g/mol. The van der Waals surface area contributed by atoms with Crippen molar-refractivity contribution >= 4 is 27.7 Å². The van der Waals surface area contributed by atoms with Gasteiger partial charge in [0.2, 0.25) is 0 Å². The van der Waals surface area contributed by atoms with E-state index in [-0.39, 0.29) is 29.2 Å². The van der Waals surface area contributed by atoms with E-state index in [1.807, 2.05) is 0 Å². The van der Waals surface area contributed by atoms with Gasteiger partial charge in [0, 0.05) is 16.9 Å². The number of fused-ring (bicyclic) bond motifs is 3. The lowest BCUT2D eigenvalue weighted by Gasteiger charge is -2.49. The van der Waals surface area contributed by atoms with Crippen molar-refractivity contribution in [3.8, 4) is 5.75 Å². The molecule has 0 amide bonds. The third-order valence-electron chi connectivity index (χ3n) is 5.87. The highest BCUT2D eigenvalue weighted by atomic mass is 35.5. The number of hydrogen-bond acceptors (Lipinski definition) is 4. The van der Waals surface area contributed by atoms with E-state index in [9.17, 15) is 22.0 Å². The van der Waals surface area contributed by atoms with E-state index < -0.39 is 38.1 Å². The maximum atomic E-state index is 15.0. The number of rotatable bonds is 3.